The average Bonchev–Trinajstić information content (AvgIpc) is 3.17. The van der Waals surface area contributed by atoms with Gasteiger partial charge < -0.3 is 15.6 Å². The number of rotatable bonds is 6. The van der Waals surface area contributed by atoms with Crippen molar-refractivity contribution >= 4 is 23.1 Å². The molecule has 0 aromatic carbocycles. The van der Waals surface area contributed by atoms with E-state index in [9.17, 15) is 4.79 Å². The van der Waals surface area contributed by atoms with Crippen LogP contribution in [0.3, 0.4) is 0 Å². The molecule has 0 unspecified atom stereocenters. The second kappa shape index (κ2) is 5.75. The number of anilines is 1. The highest BCUT2D eigenvalue weighted by molar-refractivity contribution is 7.08. The third kappa shape index (κ3) is 3.26. The Morgan fingerprint density at radius 3 is 3.14 bits per heavy atom. The maximum atomic E-state index is 10.8. The molecule has 0 radical (unpaired) electrons. The molecule has 21 heavy (non-hydrogen) atoms. The topological polar surface area (TPSA) is 112 Å². The molecule has 9 heteroatoms. The number of nitrogens with two attached hydrogens (primary N) is 1. The van der Waals surface area contributed by atoms with Crippen molar-refractivity contribution in [3.05, 3.63) is 35.0 Å². The van der Waals surface area contributed by atoms with Gasteiger partial charge in [-0.15, -0.1) is 0 Å². The first-order valence-electron chi connectivity index (χ1n) is 6.11. The van der Waals surface area contributed by atoms with Gasteiger partial charge in [-0.25, -0.2) is 0 Å². The minimum absolute atomic E-state index is 0.0462. The van der Waals surface area contributed by atoms with Crippen LogP contribution < -0.4 is 11.1 Å². The first-order chi connectivity index (χ1) is 10.2. The summed E-state index contributed by atoms with van der Waals surface area (Å²) in [5.74, 6) is 1.18. The van der Waals surface area contributed by atoms with Crippen LogP contribution in [0.4, 0.5) is 5.82 Å². The van der Waals surface area contributed by atoms with Crippen LogP contribution in [-0.2, 0) is 17.9 Å². The lowest BCUT2D eigenvalue weighted by Gasteiger charge is -1.98. The summed E-state index contributed by atoms with van der Waals surface area (Å²) in [4.78, 5) is 15.1. The number of carbonyl (C=O) groups is 1. The number of nitrogens with one attached hydrogen (secondary N) is 1. The molecule has 0 aliphatic carbocycles. The van der Waals surface area contributed by atoms with E-state index in [1.54, 1.807) is 23.6 Å². The Morgan fingerprint density at radius 2 is 2.38 bits per heavy atom. The standard InChI is InChI=1S/C12H12N6O2S/c13-9(19)6-18-3-1-10(16-18)14-5-11-15-12(17-20-11)8-2-4-21-7-8/h1-4,7H,5-6H2,(H2,13,19)(H,14,16). The molecule has 8 nitrogen and oxygen atoms in total. The van der Waals surface area contributed by atoms with Gasteiger partial charge in [-0.05, 0) is 11.4 Å². The molecule has 3 N–H and O–H groups in total. The van der Waals surface area contributed by atoms with Crippen molar-refractivity contribution in [3.63, 3.8) is 0 Å². The minimum Gasteiger partial charge on any atom is -0.368 e. The number of hydrogen-bond donors (Lipinski definition) is 2. The smallest absolute Gasteiger partial charge is 0.246 e. The van der Waals surface area contributed by atoms with E-state index in [2.05, 4.69) is 20.6 Å². The SMILES string of the molecule is NC(=O)Cn1ccc(NCc2nc(-c3ccsc3)no2)n1. The highest BCUT2D eigenvalue weighted by Crippen LogP contribution is 2.18. The summed E-state index contributed by atoms with van der Waals surface area (Å²) in [6.45, 7) is 0.398. The van der Waals surface area contributed by atoms with Crippen LogP contribution in [-0.4, -0.2) is 25.8 Å². The van der Waals surface area contributed by atoms with E-state index < -0.39 is 5.91 Å². The predicted octanol–water partition coefficient (Wildman–Crippen LogP) is 1.09. The van der Waals surface area contributed by atoms with Crippen LogP contribution in [0.1, 0.15) is 5.89 Å². The molecule has 0 fully saturated rings. The van der Waals surface area contributed by atoms with E-state index >= 15 is 0 Å². The third-order valence-corrected chi connectivity index (χ3v) is 3.31. The first kappa shape index (κ1) is 13.3. The number of carbonyl (C=O) groups excluding carboxylic acids is 1. The van der Waals surface area contributed by atoms with Gasteiger partial charge in [0.25, 0.3) is 0 Å². The molecule has 3 aromatic heterocycles. The Kier molecular flexibility index (Phi) is 3.65. The zero-order valence-electron chi connectivity index (χ0n) is 10.9. The number of primary amides is 1. The van der Waals surface area contributed by atoms with Crippen molar-refractivity contribution in [1.82, 2.24) is 19.9 Å². The zero-order valence-corrected chi connectivity index (χ0v) is 11.7. The van der Waals surface area contributed by atoms with Gasteiger partial charge in [-0.3, -0.25) is 9.48 Å². The summed E-state index contributed by atoms with van der Waals surface area (Å²) >= 11 is 1.57. The maximum absolute atomic E-state index is 10.8. The number of hydrogen-bond acceptors (Lipinski definition) is 7. The van der Waals surface area contributed by atoms with Crippen molar-refractivity contribution < 1.29 is 9.32 Å². The van der Waals surface area contributed by atoms with E-state index in [0.29, 0.717) is 24.1 Å². The molecule has 0 saturated heterocycles. The maximum Gasteiger partial charge on any atom is 0.246 e. The summed E-state index contributed by atoms with van der Waals surface area (Å²) in [6.07, 6.45) is 1.66. The van der Waals surface area contributed by atoms with Gasteiger partial charge in [0.2, 0.25) is 17.6 Å². The van der Waals surface area contributed by atoms with Crippen LogP contribution in [0.15, 0.2) is 33.6 Å². The Morgan fingerprint density at radius 1 is 1.48 bits per heavy atom. The highest BCUT2D eigenvalue weighted by atomic mass is 32.1. The Hall–Kier alpha value is -2.68. The molecule has 0 atom stereocenters. The molecular formula is C12H12N6O2S. The fourth-order valence-corrected chi connectivity index (χ4v) is 2.34. The lowest BCUT2D eigenvalue weighted by Crippen LogP contribution is -2.19. The Labute approximate surface area is 123 Å². The van der Waals surface area contributed by atoms with Gasteiger partial charge in [0.05, 0.1) is 6.54 Å². The summed E-state index contributed by atoms with van der Waals surface area (Å²) in [6, 6.07) is 3.66. The van der Waals surface area contributed by atoms with Crippen molar-refractivity contribution in [2.75, 3.05) is 5.32 Å². The van der Waals surface area contributed by atoms with Crippen molar-refractivity contribution in [1.29, 1.82) is 0 Å². The Bertz CT molecular complexity index is 733. The van der Waals surface area contributed by atoms with E-state index in [-0.39, 0.29) is 6.54 Å². The van der Waals surface area contributed by atoms with Gasteiger partial charge >= 0.3 is 0 Å². The van der Waals surface area contributed by atoms with Gasteiger partial charge in [-0.1, -0.05) is 5.16 Å². The molecule has 0 spiro atoms. The third-order valence-electron chi connectivity index (χ3n) is 2.63. The van der Waals surface area contributed by atoms with Gasteiger partial charge in [0.1, 0.15) is 12.4 Å². The van der Waals surface area contributed by atoms with Gasteiger partial charge in [-0.2, -0.15) is 21.4 Å². The largest absolute Gasteiger partial charge is 0.368 e. The summed E-state index contributed by atoms with van der Waals surface area (Å²) in [7, 11) is 0. The normalized spacial score (nSPS) is 10.7. The molecule has 1 amide bonds. The monoisotopic (exact) mass is 304 g/mol. The second-order valence-electron chi connectivity index (χ2n) is 4.24. The van der Waals surface area contributed by atoms with Crippen LogP contribution in [0.25, 0.3) is 11.4 Å². The number of nitrogens with zero attached hydrogens (tertiary/aromatic N) is 4. The molecule has 0 saturated carbocycles. The molecule has 0 aliphatic rings. The molecule has 0 aliphatic heterocycles. The van der Waals surface area contributed by atoms with E-state index in [1.165, 1.54) is 4.68 Å². The van der Waals surface area contributed by atoms with Crippen LogP contribution in [0.2, 0.25) is 0 Å². The molecule has 3 heterocycles. The van der Waals surface area contributed by atoms with E-state index in [0.717, 1.165) is 5.56 Å². The van der Waals surface area contributed by atoms with Crippen LogP contribution in [0, 0.1) is 0 Å². The van der Waals surface area contributed by atoms with Gasteiger partial charge in [0.15, 0.2) is 0 Å². The lowest BCUT2D eigenvalue weighted by molar-refractivity contribution is -0.118. The number of aromatic nitrogens is 4. The molecule has 0 bridgehead atoms. The molecule has 3 rings (SSSR count). The second-order valence-corrected chi connectivity index (χ2v) is 5.02. The van der Waals surface area contributed by atoms with E-state index in [1.807, 2.05) is 16.8 Å². The Balaban J connectivity index is 1.60. The van der Waals surface area contributed by atoms with Crippen LogP contribution in [0.5, 0.6) is 0 Å². The number of amides is 1. The lowest BCUT2D eigenvalue weighted by atomic mass is 10.3. The number of thiophene rings is 1. The first-order valence-corrected chi connectivity index (χ1v) is 7.06. The minimum atomic E-state index is -0.443. The summed E-state index contributed by atoms with van der Waals surface area (Å²) in [5.41, 5.74) is 6.03. The van der Waals surface area contributed by atoms with Crippen molar-refractivity contribution in [2.45, 2.75) is 13.1 Å². The van der Waals surface area contributed by atoms with Crippen LogP contribution >= 0.6 is 11.3 Å². The van der Waals surface area contributed by atoms with E-state index in [4.69, 9.17) is 10.3 Å². The molecule has 108 valence electrons. The highest BCUT2D eigenvalue weighted by Gasteiger charge is 2.09. The summed E-state index contributed by atoms with van der Waals surface area (Å²) in [5, 5.41) is 15.0. The average molecular weight is 304 g/mol. The van der Waals surface area contributed by atoms with Crippen molar-refractivity contribution in [2.24, 2.45) is 5.73 Å². The fourth-order valence-electron chi connectivity index (χ4n) is 1.71. The van der Waals surface area contributed by atoms with Gasteiger partial charge in [0, 0.05) is 23.2 Å². The fraction of sp³-hybridized carbons (Fsp3) is 0.167. The molecule has 3 aromatic rings. The van der Waals surface area contributed by atoms with Crippen molar-refractivity contribution in [3.8, 4) is 11.4 Å². The quantitative estimate of drug-likeness (QED) is 0.705. The zero-order chi connectivity index (χ0) is 14.7. The molecular weight excluding hydrogens is 292 g/mol. The summed E-state index contributed by atoms with van der Waals surface area (Å²) < 4.78 is 6.61. The predicted molar refractivity (Wildman–Crippen MR) is 76.4 cm³/mol.